The van der Waals surface area contributed by atoms with E-state index in [1.807, 2.05) is 0 Å². The fourth-order valence-electron chi connectivity index (χ4n) is 3.26. The first-order valence-electron chi connectivity index (χ1n) is 8.70. The van der Waals surface area contributed by atoms with E-state index in [2.05, 4.69) is 15.3 Å². The molecule has 2 amide bonds. The molecule has 1 N–H and O–H groups in total. The summed E-state index contributed by atoms with van der Waals surface area (Å²) in [6, 6.07) is 0.470. The van der Waals surface area contributed by atoms with E-state index < -0.39 is 23.7 Å². The SMILES string of the molecule is CC(=O)NCc1cnc([C@H]2CCCN2C(=O)c2scnc2C)cc1C(F)(F)F. The van der Waals surface area contributed by atoms with E-state index in [0.29, 0.717) is 30.0 Å². The minimum atomic E-state index is -4.59. The number of amides is 2. The lowest BCUT2D eigenvalue weighted by Gasteiger charge is -2.25. The number of pyridine rings is 1. The lowest BCUT2D eigenvalue weighted by molar-refractivity contribution is -0.138. The van der Waals surface area contributed by atoms with E-state index >= 15 is 0 Å². The number of carbonyl (C=O) groups is 2. The molecule has 0 saturated carbocycles. The zero-order chi connectivity index (χ0) is 20.5. The Morgan fingerprint density at radius 2 is 2.11 bits per heavy atom. The van der Waals surface area contributed by atoms with Crippen molar-refractivity contribution < 1.29 is 22.8 Å². The summed E-state index contributed by atoms with van der Waals surface area (Å²) in [6.45, 7) is 3.16. The number of thiazole rings is 1. The summed E-state index contributed by atoms with van der Waals surface area (Å²) >= 11 is 1.22. The summed E-state index contributed by atoms with van der Waals surface area (Å²) < 4.78 is 40.6. The minimum absolute atomic E-state index is 0.111. The van der Waals surface area contributed by atoms with Crippen LogP contribution in [0.3, 0.4) is 0 Å². The van der Waals surface area contributed by atoms with Crippen molar-refractivity contribution in [3.8, 4) is 0 Å². The second kappa shape index (κ2) is 7.86. The normalized spacial score (nSPS) is 17.0. The minimum Gasteiger partial charge on any atom is -0.352 e. The number of hydrogen-bond donors (Lipinski definition) is 1. The molecule has 6 nitrogen and oxygen atoms in total. The quantitative estimate of drug-likeness (QED) is 0.834. The van der Waals surface area contributed by atoms with E-state index in [4.69, 9.17) is 0 Å². The monoisotopic (exact) mass is 412 g/mol. The van der Waals surface area contributed by atoms with Gasteiger partial charge in [0, 0.05) is 31.8 Å². The van der Waals surface area contributed by atoms with Crippen LogP contribution in [0.5, 0.6) is 0 Å². The van der Waals surface area contributed by atoms with Crippen molar-refractivity contribution >= 4 is 23.2 Å². The Balaban J connectivity index is 1.92. The zero-order valence-electron chi connectivity index (χ0n) is 15.3. The molecule has 1 atom stereocenters. The Morgan fingerprint density at radius 3 is 2.71 bits per heavy atom. The molecule has 1 saturated heterocycles. The lowest BCUT2D eigenvalue weighted by atomic mass is 10.0. The molecule has 1 fully saturated rings. The molecule has 0 aliphatic carbocycles. The molecule has 0 aromatic carbocycles. The van der Waals surface area contributed by atoms with Gasteiger partial charge in [0.2, 0.25) is 5.91 Å². The first-order chi connectivity index (χ1) is 13.2. The largest absolute Gasteiger partial charge is 0.416 e. The van der Waals surface area contributed by atoms with Crippen LogP contribution in [-0.4, -0.2) is 33.2 Å². The Morgan fingerprint density at radius 1 is 1.36 bits per heavy atom. The van der Waals surface area contributed by atoms with Crippen molar-refractivity contribution in [3.63, 3.8) is 0 Å². The van der Waals surface area contributed by atoms with Gasteiger partial charge in [-0.25, -0.2) is 4.98 Å². The molecule has 0 radical (unpaired) electrons. The Bertz CT molecular complexity index is 897. The van der Waals surface area contributed by atoms with Gasteiger partial charge in [-0.3, -0.25) is 14.6 Å². The predicted molar refractivity (Wildman–Crippen MR) is 96.6 cm³/mol. The molecule has 10 heteroatoms. The van der Waals surface area contributed by atoms with E-state index in [-0.39, 0.29) is 23.7 Å². The summed E-state index contributed by atoms with van der Waals surface area (Å²) in [7, 11) is 0. The molecular weight excluding hydrogens is 393 g/mol. The van der Waals surface area contributed by atoms with Gasteiger partial charge in [-0.1, -0.05) is 0 Å². The first-order valence-corrected chi connectivity index (χ1v) is 9.58. The highest BCUT2D eigenvalue weighted by Crippen LogP contribution is 2.37. The van der Waals surface area contributed by atoms with Crippen LogP contribution < -0.4 is 5.32 Å². The van der Waals surface area contributed by atoms with Crippen LogP contribution in [0.2, 0.25) is 0 Å². The highest BCUT2D eigenvalue weighted by Gasteiger charge is 2.37. The van der Waals surface area contributed by atoms with Crippen molar-refractivity contribution in [2.24, 2.45) is 0 Å². The maximum atomic E-state index is 13.5. The van der Waals surface area contributed by atoms with Gasteiger partial charge in [-0.05, 0) is 25.8 Å². The number of nitrogens with zero attached hydrogens (tertiary/aromatic N) is 3. The van der Waals surface area contributed by atoms with Crippen molar-refractivity contribution in [1.82, 2.24) is 20.2 Å². The number of likely N-dealkylation sites (tertiary alicyclic amines) is 1. The molecule has 2 aromatic heterocycles. The molecule has 0 unspecified atom stereocenters. The number of carbonyl (C=O) groups excluding carboxylic acids is 2. The molecule has 1 aliphatic heterocycles. The Kier molecular flexibility index (Phi) is 5.69. The summed E-state index contributed by atoms with van der Waals surface area (Å²) in [6.07, 6.45) is -2.23. The van der Waals surface area contributed by atoms with Crippen LogP contribution in [0, 0.1) is 6.92 Å². The summed E-state index contributed by atoms with van der Waals surface area (Å²) in [5, 5.41) is 2.37. The van der Waals surface area contributed by atoms with E-state index in [1.165, 1.54) is 18.3 Å². The van der Waals surface area contributed by atoms with E-state index in [0.717, 1.165) is 12.3 Å². The fourth-order valence-corrected chi connectivity index (χ4v) is 4.02. The maximum Gasteiger partial charge on any atom is 0.416 e. The van der Waals surface area contributed by atoms with Crippen LogP contribution in [0.25, 0.3) is 0 Å². The van der Waals surface area contributed by atoms with Gasteiger partial charge in [-0.2, -0.15) is 13.2 Å². The Hall–Kier alpha value is -2.49. The number of nitrogens with one attached hydrogen (secondary N) is 1. The van der Waals surface area contributed by atoms with Crippen molar-refractivity contribution in [2.45, 2.75) is 45.5 Å². The second-order valence-electron chi connectivity index (χ2n) is 6.60. The number of rotatable bonds is 4. The molecule has 150 valence electrons. The third-order valence-electron chi connectivity index (χ3n) is 4.64. The van der Waals surface area contributed by atoms with Gasteiger partial charge < -0.3 is 10.2 Å². The number of aryl methyl sites for hydroxylation is 1. The molecule has 0 bridgehead atoms. The molecule has 28 heavy (non-hydrogen) atoms. The number of alkyl halides is 3. The Labute approximate surface area is 163 Å². The highest BCUT2D eigenvalue weighted by atomic mass is 32.1. The van der Waals surface area contributed by atoms with E-state index in [1.54, 1.807) is 17.3 Å². The van der Waals surface area contributed by atoms with Crippen LogP contribution in [-0.2, 0) is 17.5 Å². The number of hydrogen-bond acceptors (Lipinski definition) is 5. The smallest absolute Gasteiger partial charge is 0.352 e. The summed E-state index contributed by atoms with van der Waals surface area (Å²) in [5.74, 6) is -0.662. The van der Waals surface area contributed by atoms with E-state index in [9.17, 15) is 22.8 Å². The maximum absolute atomic E-state index is 13.5. The summed E-state index contributed by atoms with van der Waals surface area (Å²) in [5.41, 5.74) is 1.42. The standard InChI is InChI=1S/C18H19F3N4O2S/c1-10-16(28-9-24-10)17(27)25-5-3-4-15(25)14-6-13(18(19,20)21)12(8-23-14)7-22-11(2)26/h6,8-9,15H,3-5,7H2,1-2H3,(H,22,26)/t15-/m1/s1. The zero-order valence-corrected chi connectivity index (χ0v) is 16.2. The third kappa shape index (κ3) is 4.16. The van der Waals surface area contributed by atoms with Crippen molar-refractivity contribution in [3.05, 3.63) is 45.2 Å². The predicted octanol–water partition coefficient (Wildman–Crippen LogP) is 3.48. The van der Waals surface area contributed by atoms with Gasteiger partial charge in [0.15, 0.2) is 0 Å². The van der Waals surface area contributed by atoms with Crippen LogP contribution in [0.4, 0.5) is 13.2 Å². The molecule has 2 aromatic rings. The van der Waals surface area contributed by atoms with Crippen LogP contribution in [0.15, 0.2) is 17.8 Å². The molecule has 3 rings (SSSR count). The topological polar surface area (TPSA) is 75.2 Å². The summed E-state index contributed by atoms with van der Waals surface area (Å²) in [4.78, 5) is 34.2. The van der Waals surface area contributed by atoms with Crippen LogP contribution >= 0.6 is 11.3 Å². The molecule has 1 aliphatic rings. The lowest BCUT2D eigenvalue weighted by Crippen LogP contribution is -2.31. The molecule has 0 spiro atoms. The van der Waals surface area contributed by atoms with Crippen molar-refractivity contribution in [2.75, 3.05) is 6.54 Å². The number of halogens is 3. The highest BCUT2D eigenvalue weighted by molar-refractivity contribution is 7.11. The van der Waals surface area contributed by atoms with Gasteiger partial charge in [0.25, 0.3) is 5.91 Å². The average molecular weight is 412 g/mol. The van der Waals surface area contributed by atoms with Gasteiger partial charge in [0.05, 0.1) is 28.5 Å². The fraction of sp³-hybridized carbons (Fsp3) is 0.444. The molecular formula is C18H19F3N4O2S. The molecule has 3 heterocycles. The average Bonchev–Trinajstić information content (AvgIpc) is 3.27. The van der Waals surface area contributed by atoms with Crippen LogP contribution in [0.1, 0.15) is 58.0 Å². The van der Waals surface area contributed by atoms with Gasteiger partial charge >= 0.3 is 6.18 Å². The third-order valence-corrected chi connectivity index (χ3v) is 5.55. The van der Waals surface area contributed by atoms with Gasteiger partial charge in [0.1, 0.15) is 4.88 Å². The van der Waals surface area contributed by atoms with Crippen molar-refractivity contribution in [1.29, 1.82) is 0 Å². The van der Waals surface area contributed by atoms with Gasteiger partial charge in [-0.15, -0.1) is 11.3 Å². The first kappa shape index (κ1) is 20.2. The second-order valence-corrected chi connectivity index (χ2v) is 7.45. The number of aromatic nitrogens is 2.